The van der Waals surface area contributed by atoms with Crippen LogP contribution in [-0.2, 0) is 0 Å². The lowest BCUT2D eigenvalue weighted by Gasteiger charge is -2.28. The van der Waals surface area contributed by atoms with Crippen molar-refractivity contribution in [3.63, 3.8) is 0 Å². The molecule has 2 rings (SSSR count). The second-order valence-electron chi connectivity index (χ2n) is 2.88. The number of hydrogen-bond donors (Lipinski definition) is 1. The molecule has 1 nitrogen and oxygen atoms in total. The summed E-state index contributed by atoms with van der Waals surface area (Å²) in [6.45, 7) is 2.26. The second-order valence-corrected chi connectivity index (χ2v) is 3.73. The van der Waals surface area contributed by atoms with Gasteiger partial charge in [0, 0.05) is 23.5 Å². The van der Waals surface area contributed by atoms with Crippen molar-refractivity contribution in [1.82, 2.24) is 5.32 Å². The van der Waals surface area contributed by atoms with Crippen LogP contribution in [0.15, 0.2) is 28.7 Å². The van der Waals surface area contributed by atoms with Gasteiger partial charge in [-0.1, -0.05) is 34.1 Å². The molecule has 1 fully saturated rings. The van der Waals surface area contributed by atoms with Gasteiger partial charge in [-0.3, -0.25) is 0 Å². The summed E-state index contributed by atoms with van der Waals surface area (Å²) < 4.78 is 1.24. The van der Waals surface area contributed by atoms with Gasteiger partial charge in [0.25, 0.3) is 0 Å². The van der Waals surface area contributed by atoms with E-state index in [0.717, 1.165) is 19.0 Å². The van der Waals surface area contributed by atoms with Crippen molar-refractivity contribution in [3.8, 4) is 0 Å². The Morgan fingerprint density at radius 2 is 2.00 bits per heavy atom. The van der Waals surface area contributed by atoms with Gasteiger partial charge in [-0.2, -0.15) is 0 Å². The first-order valence-electron chi connectivity index (χ1n) is 3.83. The van der Waals surface area contributed by atoms with Crippen LogP contribution in [-0.4, -0.2) is 13.1 Å². The van der Waals surface area contributed by atoms with Crippen LogP contribution in [0.2, 0.25) is 0 Å². The van der Waals surface area contributed by atoms with Gasteiger partial charge in [0.05, 0.1) is 0 Å². The first-order valence-corrected chi connectivity index (χ1v) is 4.62. The third kappa shape index (κ3) is 1.33. The Balaban J connectivity index is 2.28. The predicted molar refractivity (Wildman–Crippen MR) is 49.8 cm³/mol. The monoisotopic (exact) mass is 211 g/mol. The molecule has 58 valence electrons. The fraction of sp³-hybridized carbons (Fsp3) is 0.333. The highest BCUT2D eigenvalue weighted by molar-refractivity contribution is 9.10. The molecule has 1 aliphatic heterocycles. The van der Waals surface area contributed by atoms with Gasteiger partial charge in [0.15, 0.2) is 0 Å². The molecule has 1 aromatic rings. The number of nitrogens with one attached hydrogen (secondary N) is 1. The lowest BCUT2D eigenvalue weighted by Crippen LogP contribution is -2.39. The van der Waals surface area contributed by atoms with Crippen LogP contribution < -0.4 is 5.32 Å². The molecule has 0 atom stereocenters. The van der Waals surface area contributed by atoms with E-state index in [1.54, 1.807) is 0 Å². The van der Waals surface area contributed by atoms with Crippen LogP contribution in [0, 0.1) is 0 Å². The molecule has 0 saturated carbocycles. The molecule has 1 aliphatic rings. The smallest absolute Gasteiger partial charge is 0.0211 e. The molecule has 0 spiro atoms. The van der Waals surface area contributed by atoms with Crippen molar-refractivity contribution in [2.75, 3.05) is 13.1 Å². The molecule has 1 saturated heterocycles. The van der Waals surface area contributed by atoms with Crippen LogP contribution in [0.5, 0.6) is 0 Å². The summed E-state index contributed by atoms with van der Waals surface area (Å²) in [4.78, 5) is 0. The molecule has 0 unspecified atom stereocenters. The predicted octanol–water partition coefficient (Wildman–Crippen LogP) is 2.14. The molecule has 2 heteroatoms. The first-order chi connectivity index (χ1) is 5.38. The summed E-state index contributed by atoms with van der Waals surface area (Å²) in [5, 5.41) is 3.27. The molecular formula is C9H10BrN. The number of hydrogen-bond acceptors (Lipinski definition) is 1. The summed E-state index contributed by atoms with van der Waals surface area (Å²) in [5.41, 5.74) is 1.44. The molecule has 0 bridgehead atoms. The maximum absolute atomic E-state index is 3.54. The normalized spacial score (nSPS) is 17.9. The molecule has 1 N–H and O–H groups in total. The maximum Gasteiger partial charge on any atom is 0.0211 e. The van der Waals surface area contributed by atoms with Crippen molar-refractivity contribution < 1.29 is 0 Å². The largest absolute Gasteiger partial charge is 0.315 e. The molecule has 0 radical (unpaired) electrons. The van der Waals surface area contributed by atoms with Crippen molar-refractivity contribution in [2.24, 2.45) is 0 Å². The Morgan fingerprint density at radius 1 is 1.27 bits per heavy atom. The minimum absolute atomic E-state index is 0.727. The van der Waals surface area contributed by atoms with Gasteiger partial charge in [-0.25, -0.2) is 0 Å². The van der Waals surface area contributed by atoms with E-state index in [2.05, 4.69) is 45.5 Å². The zero-order chi connectivity index (χ0) is 7.68. The van der Waals surface area contributed by atoms with Crippen LogP contribution in [0.4, 0.5) is 0 Å². The molecule has 0 amide bonds. The van der Waals surface area contributed by atoms with E-state index in [0.29, 0.717) is 0 Å². The average Bonchev–Trinajstić information content (AvgIpc) is 1.90. The summed E-state index contributed by atoms with van der Waals surface area (Å²) in [5.74, 6) is 0.727. The standard InChI is InChI=1S/C9H10BrN/c10-9-4-2-1-3-8(9)7-5-11-6-7/h1-4,7,11H,5-6H2. The summed E-state index contributed by atoms with van der Waals surface area (Å²) in [6, 6.07) is 8.45. The molecule has 0 aliphatic carbocycles. The van der Waals surface area contributed by atoms with Gasteiger partial charge < -0.3 is 5.32 Å². The lowest BCUT2D eigenvalue weighted by atomic mass is 9.94. The molecular weight excluding hydrogens is 202 g/mol. The molecule has 1 aromatic carbocycles. The highest BCUT2D eigenvalue weighted by atomic mass is 79.9. The van der Waals surface area contributed by atoms with Crippen molar-refractivity contribution >= 4 is 15.9 Å². The van der Waals surface area contributed by atoms with Crippen LogP contribution >= 0.6 is 15.9 Å². The fourth-order valence-corrected chi connectivity index (χ4v) is 1.92. The molecule has 11 heavy (non-hydrogen) atoms. The molecule has 0 aromatic heterocycles. The van der Waals surface area contributed by atoms with Crippen LogP contribution in [0.3, 0.4) is 0 Å². The van der Waals surface area contributed by atoms with Gasteiger partial charge in [0.1, 0.15) is 0 Å². The number of halogens is 1. The summed E-state index contributed by atoms with van der Waals surface area (Å²) in [6.07, 6.45) is 0. The lowest BCUT2D eigenvalue weighted by molar-refractivity contribution is 0.447. The maximum atomic E-state index is 3.54. The fourth-order valence-electron chi connectivity index (χ4n) is 1.31. The highest BCUT2D eigenvalue weighted by Gasteiger charge is 2.19. The van der Waals surface area contributed by atoms with E-state index in [4.69, 9.17) is 0 Å². The SMILES string of the molecule is Brc1ccccc1C1CNC1. The number of rotatable bonds is 1. The van der Waals surface area contributed by atoms with Gasteiger partial charge in [0.2, 0.25) is 0 Å². The average molecular weight is 212 g/mol. The Bertz CT molecular complexity index is 255. The van der Waals surface area contributed by atoms with Gasteiger partial charge >= 0.3 is 0 Å². The minimum Gasteiger partial charge on any atom is -0.315 e. The van der Waals surface area contributed by atoms with Crippen molar-refractivity contribution in [2.45, 2.75) is 5.92 Å². The van der Waals surface area contributed by atoms with E-state index in [1.807, 2.05) is 0 Å². The third-order valence-electron chi connectivity index (χ3n) is 2.13. The Hall–Kier alpha value is -0.340. The van der Waals surface area contributed by atoms with E-state index in [-0.39, 0.29) is 0 Å². The summed E-state index contributed by atoms with van der Waals surface area (Å²) in [7, 11) is 0. The van der Waals surface area contributed by atoms with Gasteiger partial charge in [-0.05, 0) is 11.6 Å². The Morgan fingerprint density at radius 3 is 2.55 bits per heavy atom. The summed E-state index contributed by atoms with van der Waals surface area (Å²) >= 11 is 3.54. The second kappa shape index (κ2) is 2.95. The Labute approximate surface area is 74.9 Å². The van der Waals surface area contributed by atoms with E-state index < -0.39 is 0 Å². The highest BCUT2D eigenvalue weighted by Crippen LogP contribution is 2.26. The third-order valence-corrected chi connectivity index (χ3v) is 2.85. The Kier molecular flexibility index (Phi) is 1.96. The first kappa shape index (κ1) is 7.32. The van der Waals surface area contributed by atoms with E-state index >= 15 is 0 Å². The van der Waals surface area contributed by atoms with E-state index in [1.165, 1.54) is 10.0 Å². The minimum atomic E-state index is 0.727. The topological polar surface area (TPSA) is 12.0 Å². The van der Waals surface area contributed by atoms with Gasteiger partial charge in [-0.15, -0.1) is 0 Å². The molecule has 1 heterocycles. The number of benzene rings is 1. The van der Waals surface area contributed by atoms with E-state index in [9.17, 15) is 0 Å². The zero-order valence-electron chi connectivity index (χ0n) is 6.18. The van der Waals surface area contributed by atoms with Crippen LogP contribution in [0.1, 0.15) is 11.5 Å². The zero-order valence-corrected chi connectivity index (χ0v) is 7.76. The van der Waals surface area contributed by atoms with Crippen LogP contribution in [0.25, 0.3) is 0 Å². The van der Waals surface area contributed by atoms with Crippen molar-refractivity contribution in [1.29, 1.82) is 0 Å². The quantitative estimate of drug-likeness (QED) is 0.751. The van der Waals surface area contributed by atoms with Crippen molar-refractivity contribution in [3.05, 3.63) is 34.3 Å².